The number of hydrogen-bond donors (Lipinski definition) is 2. The van der Waals surface area contributed by atoms with E-state index in [2.05, 4.69) is 10.6 Å². The number of imide groups is 1. The van der Waals surface area contributed by atoms with Crippen LogP contribution in [0.4, 0.5) is 4.79 Å². The van der Waals surface area contributed by atoms with Gasteiger partial charge in [-0.3, -0.25) is 9.69 Å². The van der Waals surface area contributed by atoms with Crippen molar-refractivity contribution in [2.75, 3.05) is 13.1 Å². The Hall–Kier alpha value is -1.10. The van der Waals surface area contributed by atoms with Gasteiger partial charge < -0.3 is 10.6 Å². The van der Waals surface area contributed by atoms with Gasteiger partial charge >= 0.3 is 6.03 Å². The van der Waals surface area contributed by atoms with Gasteiger partial charge in [-0.2, -0.15) is 0 Å². The van der Waals surface area contributed by atoms with Crippen LogP contribution in [0, 0.1) is 0 Å². The fourth-order valence-electron chi connectivity index (χ4n) is 3.82. The quantitative estimate of drug-likeness (QED) is 0.757. The van der Waals surface area contributed by atoms with Crippen molar-refractivity contribution in [3.05, 3.63) is 0 Å². The minimum atomic E-state index is -0.587. The van der Waals surface area contributed by atoms with Gasteiger partial charge in [0.1, 0.15) is 5.54 Å². The van der Waals surface area contributed by atoms with E-state index in [1.165, 1.54) is 24.2 Å². The van der Waals surface area contributed by atoms with Crippen molar-refractivity contribution in [3.8, 4) is 0 Å². The molecule has 2 aliphatic heterocycles. The molecule has 20 heavy (non-hydrogen) atoms. The van der Waals surface area contributed by atoms with Crippen molar-refractivity contribution in [2.45, 2.75) is 69.4 Å². The van der Waals surface area contributed by atoms with Crippen molar-refractivity contribution in [3.63, 3.8) is 0 Å². The van der Waals surface area contributed by atoms with Crippen molar-refractivity contribution < 1.29 is 9.59 Å². The van der Waals surface area contributed by atoms with Crippen LogP contribution >= 0.6 is 0 Å². The lowest BCUT2D eigenvalue weighted by Crippen LogP contribution is -2.48. The number of nitrogens with zero attached hydrogens (tertiary/aromatic N) is 1. The van der Waals surface area contributed by atoms with Gasteiger partial charge in [0.05, 0.1) is 0 Å². The largest absolute Gasteiger partial charge is 0.325 e. The topological polar surface area (TPSA) is 61.4 Å². The second-order valence-electron chi connectivity index (χ2n) is 6.49. The molecule has 1 atom stereocenters. The smallest absolute Gasteiger partial charge is 0.323 e. The van der Waals surface area contributed by atoms with Crippen molar-refractivity contribution in [1.29, 1.82) is 0 Å². The van der Waals surface area contributed by atoms with E-state index >= 15 is 0 Å². The summed E-state index contributed by atoms with van der Waals surface area (Å²) >= 11 is 0. The average Bonchev–Trinajstić information content (AvgIpc) is 2.98. The molecule has 0 radical (unpaired) electrons. The molecule has 3 rings (SSSR count). The van der Waals surface area contributed by atoms with Crippen LogP contribution in [0.25, 0.3) is 0 Å². The number of carbonyl (C=O) groups excluding carboxylic acids is 2. The number of rotatable bonds is 2. The van der Waals surface area contributed by atoms with Crippen LogP contribution in [0.15, 0.2) is 0 Å². The van der Waals surface area contributed by atoms with Crippen LogP contribution in [0.3, 0.4) is 0 Å². The van der Waals surface area contributed by atoms with Gasteiger partial charge in [0.2, 0.25) is 0 Å². The van der Waals surface area contributed by atoms with E-state index in [1.807, 2.05) is 0 Å². The Bertz CT molecular complexity index is 383. The Labute approximate surface area is 120 Å². The molecule has 0 aromatic carbocycles. The Balaban J connectivity index is 1.70. The summed E-state index contributed by atoms with van der Waals surface area (Å²) in [7, 11) is 0. The molecule has 3 amide bonds. The van der Waals surface area contributed by atoms with E-state index in [-0.39, 0.29) is 18.0 Å². The Kier molecular flexibility index (Phi) is 3.96. The molecular formula is C15H25N3O2. The molecule has 2 heterocycles. The van der Waals surface area contributed by atoms with Gasteiger partial charge in [-0.05, 0) is 32.2 Å². The second kappa shape index (κ2) is 5.72. The van der Waals surface area contributed by atoms with Crippen LogP contribution < -0.4 is 10.6 Å². The average molecular weight is 279 g/mol. The third-order valence-corrected chi connectivity index (χ3v) is 5.02. The molecule has 5 nitrogen and oxygen atoms in total. The van der Waals surface area contributed by atoms with Crippen LogP contribution in [-0.2, 0) is 4.79 Å². The zero-order valence-electron chi connectivity index (χ0n) is 12.1. The molecular weight excluding hydrogens is 254 g/mol. The summed E-state index contributed by atoms with van der Waals surface area (Å²) in [6, 6.07) is 0.109. The van der Waals surface area contributed by atoms with Gasteiger partial charge in [-0.25, -0.2) is 4.79 Å². The summed E-state index contributed by atoms with van der Waals surface area (Å²) in [4.78, 5) is 26.4. The number of hydrogen-bond acceptors (Lipinski definition) is 3. The summed E-state index contributed by atoms with van der Waals surface area (Å²) in [6.45, 7) is 1.53. The number of urea groups is 1. The highest BCUT2D eigenvalue weighted by molar-refractivity contribution is 6.07. The van der Waals surface area contributed by atoms with Crippen LogP contribution in [0.5, 0.6) is 0 Å². The molecule has 1 saturated carbocycles. The summed E-state index contributed by atoms with van der Waals surface area (Å²) in [5.74, 6) is 0.0260. The van der Waals surface area contributed by atoms with Crippen molar-refractivity contribution in [2.24, 2.45) is 0 Å². The Morgan fingerprint density at radius 3 is 2.40 bits per heavy atom. The van der Waals surface area contributed by atoms with Crippen molar-refractivity contribution >= 4 is 11.9 Å². The molecule has 3 fully saturated rings. The maximum Gasteiger partial charge on any atom is 0.325 e. The molecule has 0 unspecified atom stereocenters. The van der Waals surface area contributed by atoms with E-state index in [4.69, 9.17) is 0 Å². The number of amides is 3. The molecule has 1 spiro atoms. The number of nitrogens with one attached hydrogen (secondary N) is 2. The lowest BCUT2D eigenvalue weighted by Gasteiger charge is -2.29. The monoisotopic (exact) mass is 279 g/mol. The van der Waals surface area contributed by atoms with Crippen LogP contribution in [0.1, 0.15) is 57.8 Å². The normalized spacial score (nSPS) is 30.4. The molecule has 0 aromatic rings. The predicted molar refractivity (Wildman–Crippen MR) is 76.3 cm³/mol. The van der Waals surface area contributed by atoms with Crippen LogP contribution in [-0.4, -0.2) is 41.5 Å². The molecule has 0 aromatic heterocycles. The summed E-state index contributed by atoms with van der Waals surface area (Å²) in [6.07, 6.45) is 9.52. The zero-order chi connectivity index (χ0) is 14.0. The van der Waals surface area contributed by atoms with Gasteiger partial charge in [0, 0.05) is 12.6 Å². The van der Waals surface area contributed by atoms with Gasteiger partial charge in [-0.15, -0.1) is 0 Å². The summed E-state index contributed by atoms with van der Waals surface area (Å²) in [5.41, 5.74) is -0.587. The molecule has 112 valence electrons. The van der Waals surface area contributed by atoms with Crippen LogP contribution in [0.2, 0.25) is 0 Å². The molecule has 5 heteroatoms. The molecule has 2 saturated heterocycles. The fraction of sp³-hybridized carbons (Fsp3) is 0.867. The minimum Gasteiger partial charge on any atom is -0.323 e. The SMILES string of the molecule is O=C1NC2(CCCCCCC2)C(=O)N1C[C@H]1CCCN1. The lowest BCUT2D eigenvalue weighted by atomic mass is 9.84. The van der Waals surface area contributed by atoms with Gasteiger partial charge in [0.15, 0.2) is 0 Å². The van der Waals surface area contributed by atoms with E-state index in [0.29, 0.717) is 6.54 Å². The molecule has 1 aliphatic carbocycles. The van der Waals surface area contributed by atoms with E-state index < -0.39 is 5.54 Å². The number of carbonyl (C=O) groups is 2. The van der Waals surface area contributed by atoms with E-state index in [1.54, 1.807) is 0 Å². The standard InChI is InChI=1S/C15H25N3O2/c19-13-15(8-4-2-1-3-5-9-15)17-14(20)18(13)11-12-7-6-10-16-12/h12,16H,1-11H2,(H,17,20)/t12-/m1/s1. The zero-order valence-corrected chi connectivity index (χ0v) is 12.1. The highest BCUT2D eigenvalue weighted by Crippen LogP contribution is 2.32. The maximum absolute atomic E-state index is 12.8. The van der Waals surface area contributed by atoms with E-state index in [9.17, 15) is 9.59 Å². The first-order chi connectivity index (χ1) is 9.71. The summed E-state index contributed by atoms with van der Waals surface area (Å²) in [5, 5.41) is 6.38. The molecule has 0 bridgehead atoms. The first-order valence-corrected chi connectivity index (χ1v) is 8.09. The third-order valence-electron chi connectivity index (χ3n) is 5.02. The maximum atomic E-state index is 12.8. The van der Waals surface area contributed by atoms with Crippen molar-refractivity contribution in [1.82, 2.24) is 15.5 Å². The second-order valence-corrected chi connectivity index (χ2v) is 6.49. The predicted octanol–water partition coefficient (Wildman–Crippen LogP) is 1.77. The van der Waals surface area contributed by atoms with Gasteiger partial charge in [0.25, 0.3) is 5.91 Å². The first kappa shape index (κ1) is 13.9. The fourth-order valence-corrected chi connectivity index (χ4v) is 3.82. The van der Waals surface area contributed by atoms with E-state index in [0.717, 1.165) is 45.1 Å². The Morgan fingerprint density at radius 2 is 1.75 bits per heavy atom. The minimum absolute atomic E-state index is 0.0260. The highest BCUT2D eigenvalue weighted by Gasteiger charge is 2.50. The molecule has 3 aliphatic rings. The Morgan fingerprint density at radius 1 is 1.05 bits per heavy atom. The molecule has 2 N–H and O–H groups in total. The lowest BCUT2D eigenvalue weighted by molar-refractivity contribution is -0.132. The summed E-state index contributed by atoms with van der Waals surface area (Å²) < 4.78 is 0. The third kappa shape index (κ3) is 2.55. The first-order valence-electron chi connectivity index (χ1n) is 8.09. The highest BCUT2D eigenvalue weighted by atomic mass is 16.2. The van der Waals surface area contributed by atoms with Gasteiger partial charge in [-0.1, -0.05) is 32.1 Å².